The molecule has 3 rings (SSSR count). The van der Waals surface area contributed by atoms with Crippen LogP contribution in [0.1, 0.15) is 5.56 Å². The Hall–Kier alpha value is -4.31. The number of para-hydroxylation sites is 1. The lowest BCUT2D eigenvalue weighted by Gasteiger charge is -2.11. The largest absolute Gasteiger partial charge is 0.493 e. The van der Waals surface area contributed by atoms with E-state index in [1.54, 1.807) is 18.2 Å². The van der Waals surface area contributed by atoms with Crippen LogP contribution in [-0.4, -0.2) is 32.4 Å². The normalized spacial score (nSPS) is 10.3. The van der Waals surface area contributed by atoms with Crippen molar-refractivity contribution in [3.05, 3.63) is 78.4 Å². The highest BCUT2D eigenvalue weighted by atomic mass is 16.5. The number of nitrogens with one attached hydrogen (secondary N) is 1. The number of nitriles is 1. The molecule has 1 amide bonds. The van der Waals surface area contributed by atoms with E-state index in [1.165, 1.54) is 13.3 Å². The zero-order valence-corrected chi connectivity index (χ0v) is 16.9. The van der Waals surface area contributed by atoms with Crippen LogP contribution in [0.15, 0.2) is 77.9 Å². The first-order chi connectivity index (χ1) is 15.2. The summed E-state index contributed by atoms with van der Waals surface area (Å²) in [7, 11) is 1.50. The Morgan fingerprint density at radius 2 is 1.77 bits per heavy atom. The summed E-state index contributed by atoms with van der Waals surface area (Å²) in [6.07, 6.45) is 1.48. The number of carbonyl (C=O) groups is 1. The number of hydrogen-bond acceptors (Lipinski definition) is 6. The Bertz CT molecular complexity index is 1090. The number of carbonyl (C=O) groups excluding carboxylic acids is 1. The summed E-state index contributed by atoms with van der Waals surface area (Å²) in [6, 6.07) is 24.3. The Morgan fingerprint density at radius 3 is 2.55 bits per heavy atom. The first-order valence-corrected chi connectivity index (χ1v) is 9.48. The number of hydrogen-bond donors (Lipinski definition) is 1. The maximum atomic E-state index is 12.1. The van der Waals surface area contributed by atoms with E-state index in [9.17, 15) is 4.79 Å². The molecule has 0 radical (unpaired) electrons. The number of rotatable bonds is 9. The average molecular weight is 415 g/mol. The van der Waals surface area contributed by atoms with Gasteiger partial charge in [0.15, 0.2) is 24.7 Å². The highest BCUT2D eigenvalue weighted by Gasteiger charge is 2.08. The van der Waals surface area contributed by atoms with Crippen LogP contribution in [0.3, 0.4) is 0 Å². The fraction of sp³-hybridized carbons (Fsp3) is 0.125. The van der Waals surface area contributed by atoms with Gasteiger partial charge in [0.25, 0.3) is 5.91 Å². The second-order valence-electron chi connectivity index (χ2n) is 6.30. The Morgan fingerprint density at radius 1 is 1.00 bits per heavy atom. The Kier molecular flexibility index (Phi) is 7.61. The zero-order chi connectivity index (χ0) is 21.9. The predicted octanol–water partition coefficient (Wildman–Crippen LogP) is 3.79. The van der Waals surface area contributed by atoms with Crippen LogP contribution < -0.4 is 19.6 Å². The van der Waals surface area contributed by atoms with Crippen molar-refractivity contribution in [2.75, 3.05) is 20.3 Å². The van der Waals surface area contributed by atoms with Crippen LogP contribution in [0.25, 0.3) is 11.1 Å². The number of benzene rings is 3. The van der Waals surface area contributed by atoms with Gasteiger partial charge in [0.05, 0.1) is 13.3 Å². The fourth-order valence-electron chi connectivity index (χ4n) is 2.80. The summed E-state index contributed by atoms with van der Waals surface area (Å²) < 4.78 is 16.2. The zero-order valence-electron chi connectivity index (χ0n) is 16.9. The highest BCUT2D eigenvalue weighted by molar-refractivity contribution is 5.84. The first-order valence-electron chi connectivity index (χ1n) is 9.48. The number of amides is 1. The van der Waals surface area contributed by atoms with E-state index in [0.29, 0.717) is 22.8 Å². The van der Waals surface area contributed by atoms with Crippen molar-refractivity contribution < 1.29 is 19.0 Å². The van der Waals surface area contributed by atoms with Crippen LogP contribution in [0.5, 0.6) is 17.2 Å². The number of ether oxygens (including phenoxy) is 3. The van der Waals surface area contributed by atoms with E-state index in [1.807, 2.05) is 60.7 Å². The van der Waals surface area contributed by atoms with Crippen LogP contribution in [0.4, 0.5) is 0 Å². The van der Waals surface area contributed by atoms with Gasteiger partial charge in [0.1, 0.15) is 11.8 Å². The molecule has 7 heteroatoms. The summed E-state index contributed by atoms with van der Waals surface area (Å²) in [5, 5.41) is 12.6. The van der Waals surface area contributed by atoms with E-state index >= 15 is 0 Å². The molecule has 1 N–H and O–H groups in total. The van der Waals surface area contributed by atoms with Gasteiger partial charge >= 0.3 is 0 Å². The van der Waals surface area contributed by atoms with Gasteiger partial charge in [0, 0.05) is 5.56 Å². The van der Waals surface area contributed by atoms with E-state index in [0.717, 1.165) is 11.1 Å². The maximum absolute atomic E-state index is 12.1. The third kappa shape index (κ3) is 6.08. The lowest BCUT2D eigenvalue weighted by atomic mass is 10.1. The average Bonchev–Trinajstić information content (AvgIpc) is 2.82. The molecule has 0 unspecified atom stereocenters. The highest BCUT2D eigenvalue weighted by Crippen LogP contribution is 2.29. The van der Waals surface area contributed by atoms with E-state index < -0.39 is 0 Å². The molecule has 0 heterocycles. The van der Waals surface area contributed by atoms with Crippen molar-refractivity contribution in [3.8, 4) is 34.4 Å². The van der Waals surface area contributed by atoms with Crippen molar-refractivity contribution >= 4 is 12.1 Å². The van der Waals surface area contributed by atoms with Gasteiger partial charge in [-0.1, -0.05) is 48.5 Å². The van der Waals surface area contributed by atoms with Crippen molar-refractivity contribution in [2.24, 2.45) is 5.10 Å². The van der Waals surface area contributed by atoms with Crippen LogP contribution in [-0.2, 0) is 4.79 Å². The Labute approximate surface area is 180 Å². The van der Waals surface area contributed by atoms with Crippen LogP contribution in [0, 0.1) is 11.3 Å². The predicted molar refractivity (Wildman–Crippen MR) is 117 cm³/mol. The van der Waals surface area contributed by atoms with Gasteiger partial charge < -0.3 is 14.2 Å². The summed E-state index contributed by atoms with van der Waals surface area (Å²) in [5.74, 6) is 1.15. The quantitative estimate of drug-likeness (QED) is 0.424. The summed E-state index contributed by atoms with van der Waals surface area (Å²) in [6.45, 7) is -0.251. The summed E-state index contributed by atoms with van der Waals surface area (Å²) >= 11 is 0. The van der Waals surface area contributed by atoms with Gasteiger partial charge in [-0.05, 0) is 35.4 Å². The van der Waals surface area contributed by atoms with Crippen molar-refractivity contribution in [2.45, 2.75) is 0 Å². The van der Waals surface area contributed by atoms with Crippen molar-refractivity contribution in [1.29, 1.82) is 5.26 Å². The third-order valence-electron chi connectivity index (χ3n) is 4.21. The van der Waals surface area contributed by atoms with Gasteiger partial charge in [-0.25, -0.2) is 5.43 Å². The first kappa shape index (κ1) is 21.4. The molecule has 0 saturated carbocycles. The fourth-order valence-corrected chi connectivity index (χ4v) is 2.80. The van der Waals surface area contributed by atoms with Gasteiger partial charge in [-0.15, -0.1) is 0 Å². The van der Waals surface area contributed by atoms with Gasteiger partial charge in [-0.3, -0.25) is 4.79 Å². The van der Waals surface area contributed by atoms with Crippen LogP contribution >= 0.6 is 0 Å². The molecular formula is C24H21N3O4. The van der Waals surface area contributed by atoms with E-state index in [-0.39, 0.29) is 19.1 Å². The maximum Gasteiger partial charge on any atom is 0.277 e. The summed E-state index contributed by atoms with van der Waals surface area (Å²) in [5.41, 5.74) is 5.04. The minimum absolute atomic E-state index is 0.0761. The number of nitrogens with zero attached hydrogens (tertiary/aromatic N) is 2. The molecule has 31 heavy (non-hydrogen) atoms. The molecule has 0 aromatic heterocycles. The minimum Gasteiger partial charge on any atom is -0.493 e. The molecule has 0 aliphatic rings. The molecular weight excluding hydrogens is 394 g/mol. The van der Waals surface area contributed by atoms with Crippen molar-refractivity contribution in [3.63, 3.8) is 0 Å². The SMILES string of the molecule is COc1cc(/C=N\NC(=O)COc2ccccc2-c2ccccc2)ccc1OCC#N. The molecule has 0 bridgehead atoms. The second kappa shape index (κ2) is 11.0. The molecule has 0 saturated heterocycles. The molecule has 7 nitrogen and oxygen atoms in total. The minimum atomic E-state index is -0.389. The Balaban J connectivity index is 1.57. The molecule has 0 spiro atoms. The lowest BCUT2D eigenvalue weighted by Crippen LogP contribution is -2.24. The number of methoxy groups -OCH3 is 1. The second-order valence-corrected chi connectivity index (χ2v) is 6.30. The molecule has 0 aliphatic carbocycles. The molecule has 3 aromatic carbocycles. The number of hydrazone groups is 1. The smallest absolute Gasteiger partial charge is 0.277 e. The molecule has 0 aliphatic heterocycles. The summed E-state index contributed by atoms with van der Waals surface area (Å²) in [4.78, 5) is 12.1. The molecule has 3 aromatic rings. The molecule has 0 atom stereocenters. The topological polar surface area (TPSA) is 92.9 Å². The van der Waals surface area contributed by atoms with E-state index in [2.05, 4.69) is 10.5 Å². The third-order valence-corrected chi connectivity index (χ3v) is 4.21. The van der Waals surface area contributed by atoms with Crippen LogP contribution in [0.2, 0.25) is 0 Å². The lowest BCUT2D eigenvalue weighted by molar-refractivity contribution is -0.123. The van der Waals surface area contributed by atoms with Gasteiger partial charge in [-0.2, -0.15) is 10.4 Å². The van der Waals surface area contributed by atoms with Crippen molar-refractivity contribution in [1.82, 2.24) is 5.43 Å². The van der Waals surface area contributed by atoms with E-state index in [4.69, 9.17) is 19.5 Å². The van der Waals surface area contributed by atoms with Gasteiger partial charge in [0.2, 0.25) is 0 Å². The molecule has 0 fully saturated rings. The molecule has 156 valence electrons. The monoisotopic (exact) mass is 415 g/mol. The standard InChI is InChI=1S/C24H21N3O4/c1-29-23-15-18(11-12-22(23)30-14-13-25)16-26-27-24(28)17-31-21-10-6-5-9-20(21)19-7-3-2-4-8-19/h2-12,15-16H,14,17H2,1H3,(H,27,28)/b26-16-.